The highest BCUT2D eigenvalue weighted by molar-refractivity contribution is 7.99. The first-order chi connectivity index (χ1) is 14.0. The van der Waals surface area contributed by atoms with Gasteiger partial charge in [-0.3, -0.25) is 14.9 Å². The van der Waals surface area contributed by atoms with Crippen molar-refractivity contribution >= 4 is 45.3 Å². The zero-order chi connectivity index (χ0) is 20.5. The third kappa shape index (κ3) is 3.44. The van der Waals surface area contributed by atoms with Gasteiger partial charge in [0.2, 0.25) is 5.16 Å². The molecule has 0 spiro atoms. The lowest BCUT2D eigenvalue weighted by molar-refractivity contribution is -0.385. The van der Waals surface area contributed by atoms with E-state index in [2.05, 4.69) is 19.7 Å². The van der Waals surface area contributed by atoms with Crippen LogP contribution in [-0.4, -0.2) is 36.2 Å². The number of nitro groups is 1. The lowest BCUT2D eigenvalue weighted by Crippen LogP contribution is -2.05. The summed E-state index contributed by atoms with van der Waals surface area (Å²) in [5.41, 5.74) is 3.25. The summed E-state index contributed by atoms with van der Waals surface area (Å²) in [7, 11) is 0. The lowest BCUT2D eigenvalue weighted by Gasteiger charge is -2.04. The van der Waals surface area contributed by atoms with E-state index in [9.17, 15) is 14.9 Å². The van der Waals surface area contributed by atoms with Crippen LogP contribution in [0.15, 0.2) is 47.6 Å². The molecule has 0 saturated heterocycles. The van der Waals surface area contributed by atoms with Gasteiger partial charge in [-0.1, -0.05) is 42.1 Å². The number of aromatic nitrogens is 4. The molecule has 0 saturated carbocycles. The molecule has 29 heavy (non-hydrogen) atoms. The standard InChI is InChI=1S/C20H17N5O3S/c1-3-24-15-7-5-4-6-14(15)18-19(24)21-20(23-22-18)29-11-17(26)13-9-8-12(2)16(10-13)25(27)28/h4-10H,3,11H2,1-2H3. The van der Waals surface area contributed by atoms with Gasteiger partial charge in [0.25, 0.3) is 5.69 Å². The van der Waals surface area contributed by atoms with Crippen molar-refractivity contribution in [3.05, 3.63) is 63.7 Å². The Balaban J connectivity index is 1.60. The van der Waals surface area contributed by atoms with Gasteiger partial charge in [0, 0.05) is 29.1 Å². The molecule has 2 aromatic carbocycles. The molecule has 4 rings (SSSR count). The van der Waals surface area contributed by atoms with Gasteiger partial charge in [-0.05, 0) is 19.9 Å². The average molecular weight is 407 g/mol. The highest BCUT2D eigenvalue weighted by Crippen LogP contribution is 2.27. The fourth-order valence-electron chi connectivity index (χ4n) is 3.26. The fraction of sp³-hybridized carbons (Fsp3) is 0.200. The Bertz CT molecular complexity index is 1270. The van der Waals surface area contributed by atoms with Crippen LogP contribution in [0.4, 0.5) is 5.69 Å². The van der Waals surface area contributed by atoms with Crippen molar-refractivity contribution in [2.45, 2.75) is 25.5 Å². The number of carbonyl (C=O) groups is 1. The van der Waals surface area contributed by atoms with E-state index in [4.69, 9.17) is 0 Å². The van der Waals surface area contributed by atoms with Crippen LogP contribution < -0.4 is 0 Å². The molecule has 0 radical (unpaired) electrons. The average Bonchev–Trinajstić information content (AvgIpc) is 3.05. The number of para-hydroxylation sites is 1. The van der Waals surface area contributed by atoms with Crippen LogP contribution in [0.25, 0.3) is 22.1 Å². The maximum Gasteiger partial charge on any atom is 0.273 e. The Morgan fingerprint density at radius 3 is 2.76 bits per heavy atom. The second-order valence-electron chi connectivity index (χ2n) is 6.50. The molecule has 0 aliphatic rings. The number of thioether (sulfide) groups is 1. The molecule has 0 aliphatic carbocycles. The highest BCUT2D eigenvalue weighted by Gasteiger charge is 2.17. The first kappa shape index (κ1) is 19.0. The molecule has 0 amide bonds. The fourth-order valence-corrected chi connectivity index (χ4v) is 3.94. The van der Waals surface area contributed by atoms with Crippen molar-refractivity contribution in [1.29, 1.82) is 0 Å². The summed E-state index contributed by atoms with van der Waals surface area (Å²) in [6, 6.07) is 12.4. The maximum absolute atomic E-state index is 12.5. The van der Waals surface area contributed by atoms with Crippen molar-refractivity contribution in [3.63, 3.8) is 0 Å². The van der Waals surface area contributed by atoms with Crippen molar-refractivity contribution in [1.82, 2.24) is 19.7 Å². The van der Waals surface area contributed by atoms with Crippen molar-refractivity contribution < 1.29 is 9.72 Å². The summed E-state index contributed by atoms with van der Waals surface area (Å²) < 4.78 is 2.06. The van der Waals surface area contributed by atoms with E-state index >= 15 is 0 Å². The van der Waals surface area contributed by atoms with Crippen molar-refractivity contribution in [2.75, 3.05) is 5.75 Å². The van der Waals surface area contributed by atoms with E-state index in [0.29, 0.717) is 16.3 Å². The SMILES string of the molecule is CCn1c2ccccc2c2nnc(SCC(=O)c3ccc(C)c([N+](=O)[O-])c3)nc21. The summed E-state index contributed by atoms with van der Waals surface area (Å²) in [5, 5.41) is 21.0. The number of carbonyl (C=O) groups excluding carboxylic acids is 1. The zero-order valence-electron chi connectivity index (χ0n) is 15.8. The minimum Gasteiger partial charge on any atom is -0.324 e. The highest BCUT2D eigenvalue weighted by atomic mass is 32.2. The van der Waals surface area contributed by atoms with Crippen LogP contribution in [0, 0.1) is 17.0 Å². The molecule has 4 aromatic rings. The first-order valence-electron chi connectivity index (χ1n) is 9.02. The minimum atomic E-state index is -0.482. The van der Waals surface area contributed by atoms with E-state index < -0.39 is 4.92 Å². The second kappa shape index (κ2) is 7.59. The van der Waals surface area contributed by atoms with Crippen LogP contribution in [-0.2, 0) is 6.54 Å². The Kier molecular flexibility index (Phi) is 4.98. The number of rotatable bonds is 6. The van der Waals surface area contributed by atoms with Gasteiger partial charge >= 0.3 is 0 Å². The molecule has 0 fully saturated rings. The Morgan fingerprint density at radius 1 is 1.21 bits per heavy atom. The molecule has 146 valence electrons. The van der Waals surface area contributed by atoms with E-state index in [0.717, 1.165) is 28.6 Å². The number of nitro benzene ring substituents is 1. The molecule has 8 nitrogen and oxygen atoms in total. The number of hydrogen-bond acceptors (Lipinski definition) is 7. The smallest absolute Gasteiger partial charge is 0.273 e. The molecule has 9 heteroatoms. The molecule has 0 aliphatic heterocycles. The number of Topliss-reactive ketones (excluding diaryl/α,β-unsaturated/α-hetero) is 1. The monoisotopic (exact) mass is 407 g/mol. The summed E-state index contributed by atoms with van der Waals surface area (Å²) in [6.07, 6.45) is 0. The summed E-state index contributed by atoms with van der Waals surface area (Å²) in [5.74, 6) is -0.155. The van der Waals surface area contributed by atoms with Gasteiger partial charge in [0.1, 0.15) is 5.52 Å². The van der Waals surface area contributed by atoms with Gasteiger partial charge in [-0.15, -0.1) is 10.2 Å². The van der Waals surface area contributed by atoms with Crippen molar-refractivity contribution in [2.24, 2.45) is 0 Å². The maximum atomic E-state index is 12.5. The molecule has 0 unspecified atom stereocenters. The first-order valence-corrected chi connectivity index (χ1v) is 10.0. The zero-order valence-corrected chi connectivity index (χ0v) is 16.6. The Morgan fingerprint density at radius 2 is 2.00 bits per heavy atom. The van der Waals surface area contributed by atoms with Crippen LogP contribution in [0.1, 0.15) is 22.8 Å². The molecule has 2 heterocycles. The van der Waals surface area contributed by atoms with Gasteiger partial charge in [-0.2, -0.15) is 0 Å². The molecular weight excluding hydrogens is 390 g/mol. The van der Waals surface area contributed by atoms with Crippen LogP contribution >= 0.6 is 11.8 Å². The number of hydrogen-bond donors (Lipinski definition) is 0. The van der Waals surface area contributed by atoms with E-state index in [1.54, 1.807) is 19.1 Å². The topological polar surface area (TPSA) is 104 Å². The third-order valence-electron chi connectivity index (χ3n) is 4.73. The number of benzene rings is 2. The van der Waals surface area contributed by atoms with Crippen LogP contribution in [0.5, 0.6) is 0 Å². The van der Waals surface area contributed by atoms with Crippen LogP contribution in [0.3, 0.4) is 0 Å². The largest absolute Gasteiger partial charge is 0.324 e. The molecule has 0 atom stereocenters. The quantitative estimate of drug-likeness (QED) is 0.204. The number of nitrogens with zero attached hydrogens (tertiary/aromatic N) is 5. The summed E-state index contributed by atoms with van der Waals surface area (Å²) in [6.45, 7) is 4.41. The lowest BCUT2D eigenvalue weighted by atomic mass is 10.1. The van der Waals surface area contributed by atoms with Crippen LogP contribution in [0.2, 0.25) is 0 Å². The second-order valence-corrected chi connectivity index (χ2v) is 7.44. The number of aryl methyl sites for hydroxylation is 2. The third-order valence-corrected chi connectivity index (χ3v) is 5.57. The molecule has 2 aromatic heterocycles. The Labute approximate surface area is 170 Å². The van der Waals surface area contributed by atoms with Gasteiger partial charge in [-0.25, -0.2) is 4.98 Å². The minimum absolute atomic E-state index is 0.0624. The predicted molar refractivity (Wildman–Crippen MR) is 111 cm³/mol. The van der Waals surface area contributed by atoms with Gasteiger partial charge in [0.05, 0.1) is 16.2 Å². The number of ketones is 1. The summed E-state index contributed by atoms with van der Waals surface area (Å²) in [4.78, 5) is 27.7. The number of fused-ring (bicyclic) bond motifs is 3. The van der Waals surface area contributed by atoms with E-state index in [1.165, 1.54) is 17.8 Å². The van der Waals surface area contributed by atoms with E-state index in [-0.39, 0.29) is 17.2 Å². The van der Waals surface area contributed by atoms with Crippen molar-refractivity contribution in [3.8, 4) is 0 Å². The van der Waals surface area contributed by atoms with Gasteiger partial charge in [0.15, 0.2) is 11.4 Å². The van der Waals surface area contributed by atoms with E-state index in [1.807, 2.05) is 31.2 Å². The molecular formula is C20H17N5O3S. The van der Waals surface area contributed by atoms with Gasteiger partial charge < -0.3 is 4.57 Å². The molecule has 0 bridgehead atoms. The molecule has 0 N–H and O–H groups in total. The normalized spacial score (nSPS) is 11.2. The summed E-state index contributed by atoms with van der Waals surface area (Å²) >= 11 is 1.17. The Hall–Kier alpha value is -3.33. The predicted octanol–water partition coefficient (Wildman–Crippen LogP) is 4.19.